The van der Waals surface area contributed by atoms with Gasteiger partial charge < -0.3 is 19.7 Å². The molecule has 1 saturated heterocycles. The molecule has 0 spiro atoms. The lowest BCUT2D eigenvalue weighted by Crippen LogP contribution is -2.48. The first kappa shape index (κ1) is 19.1. The normalized spacial score (nSPS) is 22.0. The summed E-state index contributed by atoms with van der Waals surface area (Å²) in [5.74, 6) is 1.71. The first-order valence-corrected chi connectivity index (χ1v) is 10.5. The highest BCUT2D eigenvalue weighted by atomic mass is 16.5. The van der Waals surface area contributed by atoms with Gasteiger partial charge >= 0.3 is 0 Å². The van der Waals surface area contributed by atoms with Gasteiger partial charge in [0.25, 0.3) is 0 Å². The number of amides is 1. The van der Waals surface area contributed by atoms with E-state index in [2.05, 4.69) is 20.9 Å². The highest BCUT2D eigenvalue weighted by molar-refractivity contribution is 5.94. The highest BCUT2D eigenvalue weighted by Crippen LogP contribution is 2.29. The van der Waals surface area contributed by atoms with E-state index in [1.807, 2.05) is 43.4 Å². The molecule has 156 valence electrons. The van der Waals surface area contributed by atoms with E-state index in [0.717, 1.165) is 47.5 Å². The van der Waals surface area contributed by atoms with Gasteiger partial charge in [-0.2, -0.15) is 0 Å². The second kappa shape index (κ2) is 7.74. The van der Waals surface area contributed by atoms with Crippen LogP contribution in [0.4, 0.5) is 5.69 Å². The zero-order valence-corrected chi connectivity index (χ0v) is 17.0. The Bertz CT molecular complexity index is 1090. The monoisotopic (exact) mass is 406 g/mol. The number of β-amino-alcohol motifs (C(OH)–C–C–N with tert-alkyl or cyclic N) is 1. The second-order valence-electron chi connectivity index (χ2n) is 8.19. The summed E-state index contributed by atoms with van der Waals surface area (Å²) in [7, 11) is 2.03. The lowest BCUT2D eigenvalue weighted by atomic mass is 10.0. The van der Waals surface area contributed by atoms with Gasteiger partial charge in [-0.15, -0.1) is 0 Å². The van der Waals surface area contributed by atoms with E-state index in [4.69, 9.17) is 9.72 Å². The van der Waals surface area contributed by atoms with Crippen LogP contribution in [0, 0.1) is 0 Å². The SMILES string of the molecule is Cn1c(CN2CC[C@@H](Oc3ccc4c(c3)NC(=O)CC4)[C@H](O)C2)nc2ccccc21. The van der Waals surface area contributed by atoms with Crippen LogP contribution in [0.15, 0.2) is 42.5 Å². The van der Waals surface area contributed by atoms with Gasteiger partial charge in [0.2, 0.25) is 5.91 Å². The molecule has 7 heteroatoms. The second-order valence-corrected chi connectivity index (χ2v) is 8.19. The van der Waals surface area contributed by atoms with Crippen molar-refractivity contribution in [2.45, 2.75) is 38.0 Å². The Morgan fingerprint density at radius 1 is 1.23 bits per heavy atom. The fourth-order valence-electron chi connectivity index (χ4n) is 4.39. The maximum absolute atomic E-state index is 11.6. The molecule has 0 aliphatic carbocycles. The molecule has 2 N–H and O–H groups in total. The lowest BCUT2D eigenvalue weighted by Gasteiger charge is -2.35. The largest absolute Gasteiger partial charge is 0.488 e. The average molecular weight is 406 g/mol. The molecule has 0 bridgehead atoms. The van der Waals surface area contributed by atoms with Gasteiger partial charge in [-0.3, -0.25) is 9.69 Å². The molecular formula is C23H26N4O3. The summed E-state index contributed by atoms with van der Waals surface area (Å²) >= 11 is 0. The van der Waals surface area contributed by atoms with Crippen molar-refractivity contribution in [3.63, 3.8) is 0 Å². The topological polar surface area (TPSA) is 79.6 Å². The predicted octanol–water partition coefficient (Wildman–Crippen LogP) is 2.47. The number of aryl methyl sites for hydroxylation is 2. The Labute approximate surface area is 175 Å². The molecule has 30 heavy (non-hydrogen) atoms. The summed E-state index contributed by atoms with van der Waals surface area (Å²) in [4.78, 5) is 18.6. The van der Waals surface area contributed by atoms with Gasteiger partial charge in [0.1, 0.15) is 23.8 Å². The number of fused-ring (bicyclic) bond motifs is 2. The quantitative estimate of drug-likeness (QED) is 0.696. The number of anilines is 1. The van der Waals surface area contributed by atoms with Crippen molar-refractivity contribution >= 4 is 22.6 Å². The van der Waals surface area contributed by atoms with E-state index < -0.39 is 6.10 Å². The van der Waals surface area contributed by atoms with E-state index in [0.29, 0.717) is 25.3 Å². The molecule has 2 aliphatic heterocycles. The van der Waals surface area contributed by atoms with E-state index in [9.17, 15) is 9.90 Å². The number of carbonyl (C=O) groups excluding carboxylic acids is 1. The number of ether oxygens (including phenoxy) is 1. The van der Waals surface area contributed by atoms with Crippen LogP contribution in [0.3, 0.4) is 0 Å². The van der Waals surface area contributed by atoms with E-state index in [1.165, 1.54) is 0 Å². The number of carbonyl (C=O) groups is 1. The molecule has 1 aromatic heterocycles. The fourth-order valence-corrected chi connectivity index (χ4v) is 4.39. The molecule has 0 saturated carbocycles. The molecule has 0 radical (unpaired) electrons. The minimum atomic E-state index is -0.584. The molecule has 3 aromatic rings. The number of rotatable bonds is 4. The molecule has 7 nitrogen and oxygen atoms in total. The average Bonchev–Trinajstić information content (AvgIpc) is 3.05. The van der Waals surface area contributed by atoms with Gasteiger partial charge in [0.05, 0.1) is 17.6 Å². The molecule has 2 aromatic carbocycles. The summed E-state index contributed by atoms with van der Waals surface area (Å²) in [6.07, 6.45) is 1.16. The Balaban J connectivity index is 1.23. The minimum Gasteiger partial charge on any atom is -0.488 e. The number of aliphatic hydroxyl groups is 1. The number of benzene rings is 2. The number of likely N-dealkylation sites (tertiary alicyclic amines) is 1. The minimum absolute atomic E-state index is 0.0370. The molecule has 2 aliphatic rings. The summed E-state index contributed by atoms with van der Waals surface area (Å²) in [5, 5.41) is 13.6. The summed E-state index contributed by atoms with van der Waals surface area (Å²) in [5.41, 5.74) is 4.05. The number of hydrogen-bond donors (Lipinski definition) is 2. The van der Waals surface area contributed by atoms with Crippen LogP contribution in [0.1, 0.15) is 24.2 Å². The number of aromatic nitrogens is 2. The zero-order valence-electron chi connectivity index (χ0n) is 17.0. The maximum atomic E-state index is 11.6. The first-order valence-electron chi connectivity index (χ1n) is 10.5. The van der Waals surface area contributed by atoms with Crippen LogP contribution in [-0.2, 0) is 24.8 Å². The van der Waals surface area contributed by atoms with E-state index in [-0.39, 0.29) is 12.0 Å². The van der Waals surface area contributed by atoms with Crippen LogP contribution < -0.4 is 10.1 Å². The van der Waals surface area contributed by atoms with Crippen LogP contribution in [0.5, 0.6) is 5.75 Å². The highest BCUT2D eigenvalue weighted by Gasteiger charge is 2.30. The van der Waals surface area contributed by atoms with Crippen molar-refractivity contribution < 1.29 is 14.6 Å². The van der Waals surface area contributed by atoms with Crippen LogP contribution in [0.2, 0.25) is 0 Å². The van der Waals surface area contributed by atoms with Gasteiger partial charge in [-0.25, -0.2) is 4.98 Å². The number of piperidine rings is 1. The third-order valence-corrected chi connectivity index (χ3v) is 6.11. The molecule has 5 rings (SSSR count). The van der Waals surface area contributed by atoms with Crippen LogP contribution in [-0.4, -0.2) is 50.8 Å². The van der Waals surface area contributed by atoms with E-state index >= 15 is 0 Å². The van der Waals surface area contributed by atoms with Gasteiger partial charge in [0, 0.05) is 38.3 Å². The number of para-hydroxylation sites is 2. The fraction of sp³-hybridized carbons (Fsp3) is 0.391. The lowest BCUT2D eigenvalue weighted by molar-refractivity contribution is -0.116. The molecule has 2 atom stereocenters. The molecule has 3 heterocycles. The Kier molecular flexibility index (Phi) is 4.92. The molecular weight excluding hydrogens is 380 g/mol. The van der Waals surface area contributed by atoms with Gasteiger partial charge in [0.15, 0.2) is 0 Å². The van der Waals surface area contributed by atoms with Gasteiger partial charge in [-0.05, 0) is 36.6 Å². The number of imidazole rings is 1. The van der Waals surface area contributed by atoms with Crippen molar-refractivity contribution in [3.8, 4) is 5.75 Å². The summed E-state index contributed by atoms with van der Waals surface area (Å²) in [6, 6.07) is 13.9. The van der Waals surface area contributed by atoms with Crippen molar-refractivity contribution in [2.75, 3.05) is 18.4 Å². The third-order valence-electron chi connectivity index (χ3n) is 6.11. The first-order chi connectivity index (χ1) is 14.6. The molecule has 1 fully saturated rings. The number of aliphatic hydroxyl groups excluding tert-OH is 1. The van der Waals surface area contributed by atoms with Crippen LogP contribution in [0.25, 0.3) is 11.0 Å². The Morgan fingerprint density at radius 2 is 2.10 bits per heavy atom. The Morgan fingerprint density at radius 3 is 2.93 bits per heavy atom. The molecule has 1 amide bonds. The summed E-state index contributed by atoms with van der Waals surface area (Å²) in [6.45, 7) is 2.06. The molecule has 0 unspecified atom stereocenters. The third kappa shape index (κ3) is 3.66. The summed E-state index contributed by atoms with van der Waals surface area (Å²) < 4.78 is 8.21. The Hall–Kier alpha value is -2.90. The number of nitrogens with zero attached hydrogens (tertiary/aromatic N) is 3. The number of hydrogen-bond acceptors (Lipinski definition) is 5. The standard InChI is InChI=1S/C23H26N4O3/c1-26-19-5-3-2-4-17(19)24-22(26)14-27-11-10-21(20(28)13-27)30-16-8-6-15-7-9-23(29)25-18(15)12-16/h2-6,8,12,20-21,28H,7,9-11,13-14H2,1H3,(H,25,29)/t20-,21-/m1/s1. The van der Waals surface area contributed by atoms with Crippen molar-refractivity contribution in [2.24, 2.45) is 7.05 Å². The van der Waals surface area contributed by atoms with Crippen molar-refractivity contribution in [1.29, 1.82) is 0 Å². The zero-order chi connectivity index (χ0) is 20.7. The van der Waals surface area contributed by atoms with Crippen molar-refractivity contribution in [3.05, 3.63) is 53.9 Å². The number of nitrogens with one attached hydrogen (secondary N) is 1. The van der Waals surface area contributed by atoms with Crippen molar-refractivity contribution in [1.82, 2.24) is 14.5 Å². The van der Waals surface area contributed by atoms with E-state index in [1.54, 1.807) is 0 Å². The van der Waals surface area contributed by atoms with Crippen LogP contribution >= 0.6 is 0 Å². The predicted molar refractivity (Wildman–Crippen MR) is 114 cm³/mol. The smallest absolute Gasteiger partial charge is 0.224 e. The van der Waals surface area contributed by atoms with Gasteiger partial charge in [-0.1, -0.05) is 18.2 Å². The maximum Gasteiger partial charge on any atom is 0.224 e.